The second kappa shape index (κ2) is 27.0. The number of hydrogen-bond acceptors (Lipinski definition) is 9. The molecule has 1 fully saturated rings. The van der Waals surface area contributed by atoms with Crippen molar-refractivity contribution in [2.45, 2.75) is 115 Å². The Balaban J connectivity index is 1.38. The molecule has 328 valence electrons. The zero-order valence-corrected chi connectivity index (χ0v) is 35.3. The number of benzene rings is 1. The lowest BCUT2D eigenvalue weighted by Crippen LogP contribution is -2.43. The first-order valence-electron chi connectivity index (χ1n) is 20.4. The minimum atomic E-state index is -4.20. The minimum absolute atomic E-state index is 0.0391. The van der Waals surface area contributed by atoms with E-state index >= 15 is 4.39 Å². The first-order chi connectivity index (χ1) is 28.9. The number of nitrogens with one attached hydrogen (secondary N) is 3. The fraction of sp³-hybridized carbons (Fsp3) is 0.455. The van der Waals surface area contributed by atoms with E-state index in [0.717, 1.165) is 62.3 Å². The number of aromatic nitrogens is 2. The highest BCUT2D eigenvalue weighted by Crippen LogP contribution is 2.47. The zero-order chi connectivity index (χ0) is 43.6. The van der Waals surface area contributed by atoms with Gasteiger partial charge in [0.25, 0.3) is 5.56 Å². The number of unbranched alkanes of at least 4 members (excludes halogenated alkanes) is 1. The maximum atomic E-state index is 15.7. The number of alkyl halides is 1. The number of amides is 1. The number of carboxylic acids is 1. The lowest BCUT2D eigenvalue weighted by Gasteiger charge is -2.24. The van der Waals surface area contributed by atoms with Crippen molar-refractivity contribution in [3.8, 4) is 5.75 Å². The molecule has 14 nitrogen and oxygen atoms in total. The van der Waals surface area contributed by atoms with Crippen molar-refractivity contribution >= 4 is 19.6 Å². The van der Waals surface area contributed by atoms with Gasteiger partial charge in [-0.25, -0.2) is 23.6 Å². The standard InChI is InChI=1S/C44H60FN4O10P/c1-3-4-5-6-7-8-9-10-11-12-13-14-15-16-17-18-19-20-24-30-38(50)47-36(41(53)54)29-25-26-32-46-60(56,59-35-27-22-21-23-28-35)57-34-37-40(52)44(2,45)42(58-37)49-33-31-39(51)48-43(49)55/h4-5,7-8,10-11,13-14,16-17,19-23,27-28,31,33,36-37,40,42,52H,3,6,9,12,15,18,24-26,29-30,32,34H2,1-2H3,(H,46,56)(H,47,50)(H,53,54)(H,48,51,55)/b5-4-,8-7-,11-10-,14-13-,17-16-,20-19-/t36?,37-,40-,42?,44-,60?/m1/s1. The van der Waals surface area contributed by atoms with Crippen LogP contribution >= 0.6 is 7.75 Å². The number of aromatic amines is 1. The van der Waals surface area contributed by atoms with E-state index < -0.39 is 61.7 Å². The number of carbonyl (C=O) groups excluding carboxylic acids is 1. The molecule has 0 saturated carbocycles. The van der Waals surface area contributed by atoms with E-state index in [1.165, 1.54) is 12.1 Å². The summed E-state index contributed by atoms with van der Waals surface area (Å²) in [6.45, 7) is 2.58. The van der Waals surface area contributed by atoms with E-state index in [4.69, 9.17) is 13.8 Å². The monoisotopic (exact) mass is 854 g/mol. The quantitative estimate of drug-likeness (QED) is 0.0322. The number of rotatable bonds is 28. The van der Waals surface area contributed by atoms with Gasteiger partial charge in [0, 0.05) is 25.2 Å². The number of H-pyrrole nitrogens is 1. The minimum Gasteiger partial charge on any atom is -0.480 e. The van der Waals surface area contributed by atoms with Gasteiger partial charge in [-0.15, -0.1) is 0 Å². The van der Waals surface area contributed by atoms with Gasteiger partial charge in [0.1, 0.15) is 24.0 Å². The summed E-state index contributed by atoms with van der Waals surface area (Å²) in [5, 5.41) is 25.7. The summed E-state index contributed by atoms with van der Waals surface area (Å²) < 4.78 is 47.2. The number of hydrogen-bond donors (Lipinski definition) is 5. The largest absolute Gasteiger partial charge is 0.480 e. The maximum Gasteiger partial charge on any atom is 0.458 e. The number of carboxylic acid groups (broad SMARTS) is 1. The number of para-hydroxylation sites is 1. The Morgan fingerprint density at radius 2 is 1.52 bits per heavy atom. The van der Waals surface area contributed by atoms with E-state index in [1.807, 2.05) is 17.1 Å². The molecule has 0 radical (unpaired) electrons. The van der Waals surface area contributed by atoms with E-state index in [2.05, 4.69) is 78.1 Å². The van der Waals surface area contributed by atoms with Crippen molar-refractivity contribution in [3.63, 3.8) is 0 Å². The van der Waals surface area contributed by atoms with Crippen LogP contribution in [0.2, 0.25) is 0 Å². The molecule has 0 bridgehead atoms. The average Bonchev–Trinajstić information content (AvgIpc) is 3.44. The third-order valence-electron chi connectivity index (χ3n) is 9.19. The molecule has 1 aromatic carbocycles. The first-order valence-corrected chi connectivity index (χ1v) is 21.9. The van der Waals surface area contributed by atoms with Gasteiger partial charge in [-0.2, -0.15) is 0 Å². The third kappa shape index (κ3) is 18.1. The Morgan fingerprint density at radius 3 is 2.08 bits per heavy atom. The number of carbonyl (C=O) groups is 2. The molecule has 3 unspecified atom stereocenters. The molecule has 3 rings (SSSR count). The molecule has 16 heteroatoms. The molecule has 0 aliphatic carbocycles. The van der Waals surface area contributed by atoms with E-state index in [-0.39, 0.29) is 31.0 Å². The summed E-state index contributed by atoms with van der Waals surface area (Å²) in [7, 11) is -4.20. The topological polar surface area (TPSA) is 198 Å². The Morgan fingerprint density at radius 1 is 0.933 bits per heavy atom. The molecule has 6 atom stereocenters. The van der Waals surface area contributed by atoms with Crippen LogP contribution in [0, 0.1) is 0 Å². The number of halogens is 1. The first kappa shape index (κ1) is 49.4. The van der Waals surface area contributed by atoms with Crippen LogP contribution < -0.4 is 26.2 Å². The highest BCUT2D eigenvalue weighted by atomic mass is 31.2. The van der Waals surface area contributed by atoms with Crippen LogP contribution in [-0.2, 0) is 23.4 Å². The van der Waals surface area contributed by atoms with Crippen molar-refractivity contribution in [1.29, 1.82) is 0 Å². The van der Waals surface area contributed by atoms with Crippen LogP contribution in [0.15, 0.2) is 125 Å². The van der Waals surface area contributed by atoms with Gasteiger partial charge in [0.05, 0.1) is 6.61 Å². The van der Waals surface area contributed by atoms with Gasteiger partial charge in [-0.1, -0.05) is 98.0 Å². The molecular formula is C44H60FN4O10P. The van der Waals surface area contributed by atoms with Gasteiger partial charge >= 0.3 is 19.4 Å². The molecule has 0 spiro atoms. The number of aliphatic hydroxyl groups is 1. The average molecular weight is 855 g/mol. The molecule has 5 N–H and O–H groups in total. The molecule has 60 heavy (non-hydrogen) atoms. The normalized spacial score (nSPS) is 21.2. The van der Waals surface area contributed by atoms with Gasteiger partial charge < -0.3 is 24.8 Å². The predicted molar refractivity (Wildman–Crippen MR) is 230 cm³/mol. The molecule has 1 amide bonds. The molecule has 1 aliphatic heterocycles. The third-order valence-corrected chi connectivity index (χ3v) is 10.7. The molecule has 1 saturated heterocycles. The van der Waals surface area contributed by atoms with Crippen LogP contribution in [-0.4, -0.2) is 68.7 Å². The summed E-state index contributed by atoms with van der Waals surface area (Å²) in [6, 6.07) is 7.98. The van der Waals surface area contributed by atoms with E-state index in [0.29, 0.717) is 19.3 Å². The smallest absolute Gasteiger partial charge is 0.458 e. The molecule has 2 heterocycles. The summed E-state index contributed by atoms with van der Waals surface area (Å²) in [6.07, 6.45) is 28.2. The summed E-state index contributed by atoms with van der Waals surface area (Å²) in [5.41, 5.74) is -4.15. The van der Waals surface area contributed by atoms with Crippen LogP contribution in [0.4, 0.5) is 4.39 Å². The number of allylic oxidation sites excluding steroid dienone is 12. The fourth-order valence-corrected chi connectivity index (χ4v) is 7.31. The summed E-state index contributed by atoms with van der Waals surface area (Å²) in [5.74, 6) is -1.38. The molecule has 2 aromatic rings. The van der Waals surface area contributed by atoms with Crippen molar-refractivity contribution in [2.24, 2.45) is 0 Å². The van der Waals surface area contributed by atoms with Gasteiger partial charge in [-0.05, 0) is 83.3 Å². The van der Waals surface area contributed by atoms with Crippen LogP contribution in [0.3, 0.4) is 0 Å². The Kier molecular flexibility index (Phi) is 22.3. The van der Waals surface area contributed by atoms with Crippen molar-refractivity contribution < 1.29 is 42.5 Å². The SMILES string of the molecule is CC/C=C\C/C=C\C/C=C\C/C=C\C/C=C\C/C=C\CCC(=O)NC(CCCCNP(=O)(OC[C@H]1OC(n2ccc(=O)[nH]c2=O)[C@](C)(F)[C@@H]1O)Oc1ccccc1)C(=O)O. The predicted octanol–water partition coefficient (Wildman–Crippen LogP) is 7.53. The Hall–Kier alpha value is -4.92. The highest BCUT2D eigenvalue weighted by molar-refractivity contribution is 7.52. The second-order valence-electron chi connectivity index (χ2n) is 14.2. The van der Waals surface area contributed by atoms with Crippen molar-refractivity contribution in [3.05, 3.63) is 136 Å². The number of ether oxygens (including phenoxy) is 1. The summed E-state index contributed by atoms with van der Waals surface area (Å²) in [4.78, 5) is 50.2. The molecule has 1 aromatic heterocycles. The van der Waals surface area contributed by atoms with Crippen molar-refractivity contribution in [1.82, 2.24) is 20.0 Å². The number of aliphatic hydroxyl groups excluding tert-OH is 1. The van der Waals surface area contributed by atoms with Gasteiger partial charge in [-0.3, -0.25) is 23.7 Å². The van der Waals surface area contributed by atoms with Crippen LogP contribution in [0.5, 0.6) is 5.75 Å². The lowest BCUT2D eigenvalue weighted by molar-refractivity contribution is -0.142. The number of nitrogens with zero attached hydrogens (tertiary/aromatic N) is 1. The highest BCUT2D eigenvalue weighted by Gasteiger charge is 2.55. The summed E-state index contributed by atoms with van der Waals surface area (Å²) >= 11 is 0. The molecular weight excluding hydrogens is 794 g/mol. The van der Waals surface area contributed by atoms with Gasteiger partial charge in [0.2, 0.25) is 5.91 Å². The lowest BCUT2D eigenvalue weighted by atomic mass is 9.98. The van der Waals surface area contributed by atoms with Crippen LogP contribution in [0.1, 0.15) is 90.7 Å². The maximum absolute atomic E-state index is 15.7. The number of aliphatic carboxylic acids is 1. The van der Waals surface area contributed by atoms with E-state index in [1.54, 1.807) is 18.2 Å². The second-order valence-corrected chi connectivity index (χ2v) is 15.9. The fourth-order valence-electron chi connectivity index (χ4n) is 5.93. The van der Waals surface area contributed by atoms with Gasteiger partial charge in [0.15, 0.2) is 11.9 Å². The zero-order valence-electron chi connectivity index (χ0n) is 34.4. The van der Waals surface area contributed by atoms with Crippen LogP contribution in [0.25, 0.3) is 0 Å². The van der Waals surface area contributed by atoms with Crippen molar-refractivity contribution in [2.75, 3.05) is 13.2 Å². The Labute approximate surface area is 351 Å². The van der Waals surface area contributed by atoms with E-state index in [9.17, 15) is 34.0 Å². The Bertz CT molecular complexity index is 1960. The molecule has 1 aliphatic rings.